The first-order valence-corrected chi connectivity index (χ1v) is 10.8. The van der Waals surface area contributed by atoms with E-state index in [1.165, 1.54) is 6.08 Å². The van der Waals surface area contributed by atoms with Gasteiger partial charge in [0.2, 0.25) is 0 Å². The van der Waals surface area contributed by atoms with E-state index < -0.39 is 5.91 Å². The van der Waals surface area contributed by atoms with Crippen molar-refractivity contribution in [1.82, 2.24) is 0 Å². The number of nitrogens with zero attached hydrogens (tertiary/aromatic N) is 1. The zero-order chi connectivity index (χ0) is 22.4. The minimum atomic E-state index is -0.519. The van der Waals surface area contributed by atoms with Gasteiger partial charge in [-0.1, -0.05) is 69.0 Å². The number of carbonyl (C=O) groups excluding carboxylic acids is 1. The molecule has 3 rings (SSSR count). The molecule has 0 spiro atoms. The van der Waals surface area contributed by atoms with Crippen LogP contribution in [0.25, 0.3) is 6.08 Å². The van der Waals surface area contributed by atoms with Crippen LogP contribution in [0.3, 0.4) is 0 Å². The van der Waals surface area contributed by atoms with E-state index in [9.17, 15) is 10.1 Å². The highest BCUT2D eigenvalue weighted by Crippen LogP contribution is 2.35. The predicted octanol–water partition coefficient (Wildman–Crippen LogP) is 7.19. The van der Waals surface area contributed by atoms with E-state index in [0.29, 0.717) is 23.6 Å². The van der Waals surface area contributed by atoms with Crippen LogP contribution in [0.4, 0.5) is 5.69 Å². The van der Waals surface area contributed by atoms with Gasteiger partial charge >= 0.3 is 0 Å². The smallest absolute Gasteiger partial charge is 0.266 e. The Morgan fingerprint density at radius 2 is 1.71 bits per heavy atom. The van der Waals surface area contributed by atoms with Gasteiger partial charge < -0.3 is 10.1 Å². The van der Waals surface area contributed by atoms with Crippen LogP contribution in [0.15, 0.2) is 70.7 Å². The quantitative estimate of drug-likeness (QED) is 0.279. The zero-order valence-corrected chi connectivity index (χ0v) is 19.6. The van der Waals surface area contributed by atoms with E-state index in [-0.39, 0.29) is 15.6 Å². The largest absolute Gasteiger partial charge is 0.486 e. The number of carbonyl (C=O) groups is 1. The highest BCUT2D eigenvalue weighted by molar-refractivity contribution is 9.10. The first-order valence-electron chi connectivity index (χ1n) is 9.22. The number of benzene rings is 3. The summed E-state index contributed by atoms with van der Waals surface area (Å²) in [6, 6.07) is 20.1. The average Bonchev–Trinajstić information content (AvgIpc) is 2.74. The topological polar surface area (TPSA) is 62.1 Å². The summed E-state index contributed by atoms with van der Waals surface area (Å²) in [5, 5.41) is 12.7. The Hall–Kier alpha value is -2.78. The molecule has 1 amide bonds. The van der Waals surface area contributed by atoms with E-state index in [0.717, 1.165) is 15.6 Å². The average molecular weight is 516 g/mol. The van der Waals surface area contributed by atoms with Crippen molar-refractivity contribution in [1.29, 1.82) is 5.26 Å². The van der Waals surface area contributed by atoms with E-state index in [4.69, 9.17) is 27.9 Å². The molecule has 0 aromatic heterocycles. The molecular formula is C24H17BrCl2N2O2. The molecule has 0 aliphatic heterocycles. The molecule has 3 aromatic carbocycles. The molecule has 0 saturated carbocycles. The maximum absolute atomic E-state index is 12.5. The highest BCUT2D eigenvalue weighted by atomic mass is 79.9. The molecule has 0 atom stereocenters. The SMILES string of the molecule is Cc1ccc(NC(=O)/C(C#N)=C/c2cc(Cl)c(OCc3ccc(Br)cc3)c(Cl)c2)cc1. The van der Waals surface area contributed by atoms with Gasteiger partial charge in [-0.25, -0.2) is 0 Å². The normalized spacial score (nSPS) is 11.0. The molecule has 0 heterocycles. The van der Waals surface area contributed by atoms with Crippen molar-refractivity contribution in [3.05, 3.63) is 97.4 Å². The second kappa shape index (κ2) is 10.5. The number of ether oxygens (including phenoxy) is 1. The molecule has 0 radical (unpaired) electrons. The van der Waals surface area contributed by atoms with Crippen LogP contribution in [0.2, 0.25) is 10.0 Å². The number of hydrogen-bond acceptors (Lipinski definition) is 3. The van der Waals surface area contributed by atoms with Crippen molar-refractivity contribution in [3.63, 3.8) is 0 Å². The molecule has 1 N–H and O–H groups in total. The van der Waals surface area contributed by atoms with Crippen LogP contribution in [0, 0.1) is 18.3 Å². The molecule has 0 unspecified atom stereocenters. The number of nitriles is 1. The second-order valence-corrected chi connectivity index (χ2v) is 8.45. The van der Waals surface area contributed by atoms with Crippen LogP contribution < -0.4 is 10.1 Å². The first-order chi connectivity index (χ1) is 14.9. The van der Waals surface area contributed by atoms with Crippen molar-refractivity contribution in [3.8, 4) is 11.8 Å². The third-order valence-corrected chi connectivity index (χ3v) is 5.39. The lowest BCUT2D eigenvalue weighted by Gasteiger charge is -2.11. The Bertz CT molecular complexity index is 1140. The lowest BCUT2D eigenvalue weighted by Crippen LogP contribution is -2.13. The molecule has 0 saturated heterocycles. The highest BCUT2D eigenvalue weighted by Gasteiger charge is 2.13. The van der Waals surface area contributed by atoms with E-state index >= 15 is 0 Å². The zero-order valence-electron chi connectivity index (χ0n) is 16.5. The van der Waals surface area contributed by atoms with Gasteiger partial charge in [-0.3, -0.25) is 4.79 Å². The molecule has 3 aromatic rings. The van der Waals surface area contributed by atoms with Gasteiger partial charge in [-0.05, 0) is 60.5 Å². The third kappa shape index (κ3) is 6.35. The van der Waals surface area contributed by atoms with Gasteiger partial charge in [0.15, 0.2) is 5.75 Å². The summed E-state index contributed by atoms with van der Waals surface area (Å²) in [5.41, 5.74) is 3.07. The van der Waals surface area contributed by atoms with E-state index in [1.54, 1.807) is 24.3 Å². The van der Waals surface area contributed by atoms with Gasteiger partial charge in [0.25, 0.3) is 5.91 Å². The number of rotatable bonds is 6. The summed E-state index contributed by atoms with van der Waals surface area (Å²) >= 11 is 16.1. The first kappa shape index (κ1) is 22.9. The summed E-state index contributed by atoms with van der Waals surface area (Å²) in [5.74, 6) is -0.180. The van der Waals surface area contributed by atoms with E-state index in [1.807, 2.05) is 49.4 Å². The van der Waals surface area contributed by atoms with E-state index in [2.05, 4.69) is 21.2 Å². The van der Waals surface area contributed by atoms with Crippen LogP contribution in [-0.4, -0.2) is 5.91 Å². The molecule has 0 aliphatic rings. The van der Waals surface area contributed by atoms with Gasteiger partial charge in [0.05, 0.1) is 10.0 Å². The van der Waals surface area contributed by atoms with Gasteiger partial charge in [-0.15, -0.1) is 0 Å². The summed E-state index contributed by atoms with van der Waals surface area (Å²) in [4.78, 5) is 12.5. The number of aryl methyl sites for hydroxylation is 1. The molecule has 156 valence electrons. The number of nitrogens with one attached hydrogen (secondary N) is 1. The number of amides is 1. The lowest BCUT2D eigenvalue weighted by atomic mass is 10.1. The van der Waals surface area contributed by atoms with Gasteiger partial charge in [0, 0.05) is 10.2 Å². The number of hydrogen-bond donors (Lipinski definition) is 1. The fraction of sp³-hybridized carbons (Fsp3) is 0.0833. The number of anilines is 1. The minimum Gasteiger partial charge on any atom is -0.486 e. The van der Waals surface area contributed by atoms with Crippen LogP contribution >= 0.6 is 39.1 Å². The summed E-state index contributed by atoms with van der Waals surface area (Å²) in [6.07, 6.45) is 1.43. The van der Waals surface area contributed by atoms with Gasteiger partial charge in [-0.2, -0.15) is 5.26 Å². The maximum Gasteiger partial charge on any atom is 0.266 e. The fourth-order valence-corrected chi connectivity index (χ4v) is 3.56. The Morgan fingerprint density at radius 3 is 2.29 bits per heavy atom. The van der Waals surface area contributed by atoms with Crippen molar-refractivity contribution in [2.24, 2.45) is 0 Å². The lowest BCUT2D eigenvalue weighted by molar-refractivity contribution is -0.112. The number of halogens is 3. The van der Waals surface area contributed by atoms with Crippen LogP contribution in [-0.2, 0) is 11.4 Å². The minimum absolute atomic E-state index is 0.0729. The molecular weight excluding hydrogens is 499 g/mol. The van der Waals surface area contributed by atoms with Crippen molar-refractivity contribution in [2.45, 2.75) is 13.5 Å². The Balaban J connectivity index is 1.76. The Morgan fingerprint density at radius 1 is 1.10 bits per heavy atom. The molecule has 0 aliphatic carbocycles. The van der Waals surface area contributed by atoms with Crippen molar-refractivity contribution in [2.75, 3.05) is 5.32 Å². The third-order valence-electron chi connectivity index (χ3n) is 4.30. The summed E-state index contributed by atoms with van der Waals surface area (Å²) < 4.78 is 6.75. The molecule has 0 fully saturated rings. The van der Waals surface area contributed by atoms with Crippen LogP contribution in [0.1, 0.15) is 16.7 Å². The Labute approximate surface area is 199 Å². The molecule has 31 heavy (non-hydrogen) atoms. The summed E-state index contributed by atoms with van der Waals surface area (Å²) in [6.45, 7) is 2.25. The standard InChI is InChI=1S/C24H17BrCl2N2O2/c1-15-2-8-20(9-3-15)29-24(30)18(13-28)10-17-11-21(26)23(22(27)12-17)31-14-16-4-6-19(25)7-5-16/h2-12H,14H2,1H3,(H,29,30)/b18-10+. The monoisotopic (exact) mass is 514 g/mol. The van der Waals surface area contributed by atoms with Gasteiger partial charge in [0.1, 0.15) is 18.2 Å². The predicted molar refractivity (Wildman–Crippen MR) is 128 cm³/mol. The molecule has 7 heteroatoms. The van der Waals surface area contributed by atoms with Crippen LogP contribution in [0.5, 0.6) is 5.75 Å². The molecule has 4 nitrogen and oxygen atoms in total. The Kier molecular flexibility index (Phi) is 7.75. The second-order valence-electron chi connectivity index (χ2n) is 6.72. The summed E-state index contributed by atoms with van der Waals surface area (Å²) in [7, 11) is 0. The fourth-order valence-electron chi connectivity index (χ4n) is 2.69. The maximum atomic E-state index is 12.5. The molecule has 0 bridgehead atoms. The van der Waals surface area contributed by atoms with Crippen molar-refractivity contribution >= 4 is 56.8 Å². The van der Waals surface area contributed by atoms with Crippen molar-refractivity contribution < 1.29 is 9.53 Å².